The molecule has 4 aromatic rings. The normalized spacial score (nSPS) is 12.3. The lowest BCUT2D eigenvalue weighted by atomic mass is 10.0. The van der Waals surface area contributed by atoms with Crippen LogP contribution in [0.5, 0.6) is 0 Å². The van der Waals surface area contributed by atoms with Crippen molar-refractivity contribution in [1.29, 1.82) is 0 Å². The number of hydrogen-bond acceptors (Lipinski definition) is 4. The summed E-state index contributed by atoms with van der Waals surface area (Å²) >= 11 is 0. The Balaban J connectivity index is 1.80. The van der Waals surface area contributed by atoms with Crippen molar-refractivity contribution in [1.82, 2.24) is 9.97 Å². The highest BCUT2D eigenvalue weighted by molar-refractivity contribution is 7.90. The van der Waals surface area contributed by atoms with Gasteiger partial charge < -0.3 is 14.7 Å². The number of esters is 1. The first-order valence-electron chi connectivity index (χ1n) is 8.63. The largest absolute Gasteiger partial charge is 0.460 e. The number of benzene rings is 2. The summed E-state index contributed by atoms with van der Waals surface area (Å²) in [6.07, 6.45) is 1.12. The van der Waals surface area contributed by atoms with E-state index in [4.69, 9.17) is 4.74 Å². The van der Waals surface area contributed by atoms with Crippen LogP contribution in [-0.4, -0.2) is 43.0 Å². The number of aromatic nitrogens is 2. The van der Waals surface area contributed by atoms with E-state index in [0.717, 1.165) is 50.1 Å². The number of hydrogen-bond donors (Lipinski definition) is 2. The molecule has 0 aliphatic carbocycles. The van der Waals surface area contributed by atoms with Gasteiger partial charge in [-0.2, -0.15) is 0 Å². The Bertz CT molecular complexity index is 1310. The van der Waals surface area contributed by atoms with Crippen LogP contribution < -0.4 is 0 Å². The van der Waals surface area contributed by atoms with Gasteiger partial charge in [0.1, 0.15) is 12.3 Å². The molecular formula is C20H20N2O4S. The molecule has 6 nitrogen and oxygen atoms in total. The maximum Gasteiger partial charge on any atom is 0.355 e. The molecule has 0 unspecified atom stereocenters. The first kappa shape index (κ1) is 17.6. The summed E-state index contributed by atoms with van der Waals surface area (Å²) < 4.78 is 27.6. The Kier molecular flexibility index (Phi) is 3.99. The second-order valence-corrected chi connectivity index (χ2v) is 9.17. The average molecular weight is 384 g/mol. The molecule has 0 radical (unpaired) electrons. The smallest absolute Gasteiger partial charge is 0.355 e. The van der Waals surface area contributed by atoms with E-state index in [9.17, 15) is 13.2 Å². The van der Waals surface area contributed by atoms with Crippen molar-refractivity contribution in [2.45, 2.75) is 13.8 Å². The van der Waals surface area contributed by atoms with Crippen LogP contribution in [0.15, 0.2) is 30.3 Å². The van der Waals surface area contributed by atoms with Crippen LogP contribution in [-0.2, 0) is 14.6 Å². The minimum atomic E-state index is -3.17. The third-order valence-corrected chi connectivity index (χ3v) is 5.86. The molecule has 0 fully saturated rings. The second-order valence-electron chi connectivity index (χ2n) is 6.91. The molecule has 0 spiro atoms. The minimum absolute atomic E-state index is 0.156. The van der Waals surface area contributed by atoms with Gasteiger partial charge in [0.15, 0.2) is 9.84 Å². The van der Waals surface area contributed by atoms with E-state index in [1.807, 2.05) is 38.1 Å². The maximum absolute atomic E-state index is 12.4. The third-order valence-electron chi connectivity index (χ3n) is 4.96. The highest BCUT2D eigenvalue weighted by Gasteiger charge is 2.20. The Morgan fingerprint density at radius 3 is 2.52 bits per heavy atom. The summed E-state index contributed by atoms with van der Waals surface area (Å²) in [4.78, 5) is 19.0. The lowest BCUT2D eigenvalue weighted by Crippen LogP contribution is -2.15. The lowest BCUT2D eigenvalue weighted by molar-refractivity contribution is 0.0522. The average Bonchev–Trinajstić information content (AvgIpc) is 3.13. The first-order chi connectivity index (χ1) is 12.8. The highest BCUT2D eigenvalue weighted by atomic mass is 32.2. The predicted molar refractivity (Wildman–Crippen MR) is 107 cm³/mol. The van der Waals surface area contributed by atoms with Crippen molar-refractivity contribution in [3.8, 4) is 0 Å². The number of carbonyl (C=O) groups excluding carboxylic acids is 1. The standard InChI is InChI=1S/C20H20N2O4S/c1-11-17-12(2)19(20(23)26-8-9-27(3,24)25)22-16(17)10-14-13-6-4-5-7-15(13)21-18(11)14/h4-7,10,21-22H,8-9H2,1-3H3. The zero-order valence-corrected chi connectivity index (χ0v) is 16.2. The zero-order valence-electron chi connectivity index (χ0n) is 15.3. The number of ether oxygens (including phenoxy) is 1. The maximum atomic E-state index is 12.4. The Labute approximate surface area is 156 Å². The summed E-state index contributed by atoms with van der Waals surface area (Å²) in [5, 5.41) is 3.19. The molecule has 0 bridgehead atoms. The molecule has 0 atom stereocenters. The van der Waals surface area contributed by atoms with Gasteiger partial charge in [-0.05, 0) is 37.1 Å². The van der Waals surface area contributed by atoms with E-state index >= 15 is 0 Å². The fraction of sp³-hybridized carbons (Fsp3) is 0.250. The highest BCUT2D eigenvalue weighted by Crippen LogP contribution is 2.35. The summed E-state index contributed by atoms with van der Waals surface area (Å²) in [5.41, 5.74) is 5.19. The summed E-state index contributed by atoms with van der Waals surface area (Å²) in [7, 11) is -3.17. The summed E-state index contributed by atoms with van der Waals surface area (Å²) in [6.45, 7) is 3.74. The topological polar surface area (TPSA) is 92.0 Å². The molecule has 0 aliphatic heterocycles. The van der Waals surface area contributed by atoms with Gasteiger partial charge >= 0.3 is 5.97 Å². The molecule has 2 heterocycles. The van der Waals surface area contributed by atoms with Gasteiger partial charge in [-0.1, -0.05) is 18.2 Å². The fourth-order valence-corrected chi connectivity index (χ4v) is 4.04. The van der Waals surface area contributed by atoms with Crippen LogP contribution in [0.1, 0.15) is 21.6 Å². The van der Waals surface area contributed by atoms with E-state index < -0.39 is 15.8 Å². The number of aryl methyl sites for hydroxylation is 2. The molecule has 2 aromatic carbocycles. The van der Waals surface area contributed by atoms with E-state index in [0.29, 0.717) is 5.69 Å². The Morgan fingerprint density at radius 2 is 1.78 bits per heavy atom. The summed E-state index contributed by atoms with van der Waals surface area (Å²) in [6, 6.07) is 10.1. The van der Waals surface area contributed by atoms with Crippen molar-refractivity contribution in [3.05, 3.63) is 47.2 Å². The lowest BCUT2D eigenvalue weighted by Gasteiger charge is -2.03. The van der Waals surface area contributed by atoms with Crippen molar-refractivity contribution in [2.24, 2.45) is 0 Å². The van der Waals surface area contributed by atoms with Crippen LogP contribution in [0.2, 0.25) is 0 Å². The van der Waals surface area contributed by atoms with Gasteiger partial charge in [0.05, 0.1) is 11.3 Å². The fourth-order valence-electron chi connectivity index (χ4n) is 3.65. The van der Waals surface area contributed by atoms with Gasteiger partial charge in [0.25, 0.3) is 0 Å². The number of aromatic amines is 2. The van der Waals surface area contributed by atoms with Crippen molar-refractivity contribution in [3.63, 3.8) is 0 Å². The minimum Gasteiger partial charge on any atom is -0.460 e. The number of fused-ring (bicyclic) bond motifs is 4. The molecule has 4 rings (SSSR count). The van der Waals surface area contributed by atoms with E-state index in [-0.39, 0.29) is 12.4 Å². The number of rotatable bonds is 4. The van der Waals surface area contributed by atoms with Crippen LogP contribution in [0, 0.1) is 13.8 Å². The third kappa shape index (κ3) is 2.98. The van der Waals surface area contributed by atoms with Crippen molar-refractivity contribution >= 4 is 48.5 Å². The predicted octanol–water partition coefficient (Wildman–Crippen LogP) is 3.62. The van der Waals surface area contributed by atoms with Gasteiger partial charge in [0, 0.05) is 33.4 Å². The van der Waals surface area contributed by atoms with Crippen molar-refractivity contribution in [2.75, 3.05) is 18.6 Å². The number of nitrogens with one attached hydrogen (secondary N) is 2. The Hall–Kier alpha value is -2.80. The van der Waals surface area contributed by atoms with Gasteiger partial charge in [-0.3, -0.25) is 0 Å². The molecule has 2 N–H and O–H groups in total. The molecule has 27 heavy (non-hydrogen) atoms. The van der Waals surface area contributed by atoms with Crippen LogP contribution in [0.4, 0.5) is 0 Å². The van der Waals surface area contributed by atoms with Crippen LogP contribution >= 0.6 is 0 Å². The number of H-pyrrole nitrogens is 2. The van der Waals surface area contributed by atoms with E-state index in [2.05, 4.69) is 16.0 Å². The van der Waals surface area contributed by atoms with E-state index in [1.165, 1.54) is 0 Å². The quantitative estimate of drug-likeness (QED) is 0.526. The van der Waals surface area contributed by atoms with Gasteiger partial charge in [0.2, 0.25) is 0 Å². The Morgan fingerprint density at radius 1 is 1.04 bits per heavy atom. The number of sulfone groups is 1. The molecule has 2 aromatic heterocycles. The molecular weight excluding hydrogens is 364 g/mol. The number of para-hydroxylation sites is 1. The molecule has 0 saturated carbocycles. The molecule has 0 amide bonds. The van der Waals surface area contributed by atoms with Crippen LogP contribution in [0.25, 0.3) is 32.7 Å². The van der Waals surface area contributed by atoms with E-state index in [1.54, 1.807) is 0 Å². The summed E-state index contributed by atoms with van der Waals surface area (Å²) in [5.74, 6) is -0.730. The first-order valence-corrected chi connectivity index (χ1v) is 10.7. The molecule has 0 saturated heterocycles. The molecule has 0 aliphatic rings. The monoisotopic (exact) mass is 384 g/mol. The molecule has 7 heteroatoms. The molecule has 140 valence electrons. The number of carbonyl (C=O) groups is 1. The van der Waals surface area contributed by atoms with Crippen molar-refractivity contribution < 1.29 is 17.9 Å². The van der Waals surface area contributed by atoms with Gasteiger partial charge in [-0.15, -0.1) is 0 Å². The SMILES string of the molecule is Cc1c(C(=O)OCCS(C)(=O)=O)[nH]c2cc3c([nH]c4ccccc43)c(C)c12. The van der Waals surface area contributed by atoms with Gasteiger partial charge in [-0.25, -0.2) is 13.2 Å². The zero-order chi connectivity index (χ0) is 19.3. The van der Waals surface area contributed by atoms with Crippen LogP contribution in [0.3, 0.4) is 0 Å². The second kappa shape index (κ2) is 6.13.